The molecule has 11 heteroatoms. The minimum Gasteiger partial charge on any atom is -0.493 e. The number of benzene rings is 1. The number of nitrogens with zero attached hydrogens (tertiary/aromatic N) is 5. The summed E-state index contributed by atoms with van der Waals surface area (Å²) in [7, 11) is 3.02. The molecule has 1 aliphatic rings. The first-order valence-corrected chi connectivity index (χ1v) is 12.1. The van der Waals surface area contributed by atoms with Gasteiger partial charge in [-0.15, -0.1) is 11.3 Å². The molecule has 184 valence electrons. The van der Waals surface area contributed by atoms with Gasteiger partial charge in [0.15, 0.2) is 23.6 Å². The molecule has 1 N–H and O–H groups in total. The van der Waals surface area contributed by atoms with Crippen LogP contribution in [0.3, 0.4) is 0 Å². The number of piperazine rings is 1. The van der Waals surface area contributed by atoms with Gasteiger partial charge in [0.05, 0.1) is 25.3 Å². The van der Waals surface area contributed by atoms with E-state index in [0.29, 0.717) is 64.7 Å². The number of hydrogen-bond acceptors (Lipinski definition) is 10. The van der Waals surface area contributed by atoms with Crippen molar-refractivity contribution in [1.82, 2.24) is 19.9 Å². The maximum absolute atomic E-state index is 13.4. The maximum Gasteiger partial charge on any atom is 0.257 e. The van der Waals surface area contributed by atoms with E-state index in [9.17, 15) is 14.7 Å². The van der Waals surface area contributed by atoms with Gasteiger partial charge in [0.1, 0.15) is 15.9 Å². The van der Waals surface area contributed by atoms with Crippen LogP contribution in [0.15, 0.2) is 41.9 Å². The second-order valence-electron chi connectivity index (χ2n) is 8.08. The molecular weight excluding hydrogens is 482 g/mol. The van der Waals surface area contributed by atoms with E-state index in [-0.39, 0.29) is 17.6 Å². The van der Waals surface area contributed by atoms with Crippen molar-refractivity contribution in [2.45, 2.75) is 0 Å². The van der Waals surface area contributed by atoms with Crippen molar-refractivity contribution in [1.29, 1.82) is 0 Å². The van der Waals surface area contributed by atoms with Gasteiger partial charge in [-0.2, -0.15) is 4.98 Å². The average molecular weight is 506 g/mol. The normalized spacial score (nSPS) is 13.6. The Balaban J connectivity index is 1.37. The number of aromatic hydroxyl groups is 1. The monoisotopic (exact) mass is 505 g/mol. The summed E-state index contributed by atoms with van der Waals surface area (Å²) < 4.78 is 11.2. The molecule has 3 aromatic heterocycles. The van der Waals surface area contributed by atoms with Gasteiger partial charge in [0.25, 0.3) is 5.91 Å². The molecule has 4 aromatic rings. The van der Waals surface area contributed by atoms with E-state index in [1.165, 1.54) is 25.6 Å². The van der Waals surface area contributed by atoms with E-state index in [1.54, 1.807) is 34.7 Å². The Hall–Kier alpha value is -4.25. The number of carbonyl (C=O) groups is 2. The van der Waals surface area contributed by atoms with E-state index >= 15 is 0 Å². The Morgan fingerprint density at radius 2 is 1.92 bits per heavy atom. The summed E-state index contributed by atoms with van der Waals surface area (Å²) in [5.74, 6) is 0.798. The molecule has 36 heavy (non-hydrogen) atoms. The van der Waals surface area contributed by atoms with Crippen LogP contribution in [0.1, 0.15) is 20.7 Å². The van der Waals surface area contributed by atoms with E-state index in [1.807, 2.05) is 12.1 Å². The fourth-order valence-corrected chi connectivity index (χ4v) is 5.12. The summed E-state index contributed by atoms with van der Waals surface area (Å²) >= 11 is 1.23. The number of amides is 1. The number of rotatable bonds is 6. The van der Waals surface area contributed by atoms with Crippen LogP contribution in [0.2, 0.25) is 0 Å². The second kappa shape index (κ2) is 9.78. The van der Waals surface area contributed by atoms with E-state index in [4.69, 9.17) is 9.47 Å². The molecule has 0 bridgehead atoms. The molecule has 1 fully saturated rings. The van der Waals surface area contributed by atoms with Crippen molar-refractivity contribution in [3.63, 3.8) is 0 Å². The van der Waals surface area contributed by atoms with Crippen LogP contribution in [-0.2, 0) is 0 Å². The highest BCUT2D eigenvalue weighted by Gasteiger charge is 2.27. The fourth-order valence-electron chi connectivity index (χ4n) is 4.25. The molecule has 1 saturated heterocycles. The summed E-state index contributed by atoms with van der Waals surface area (Å²) in [5, 5.41) is 12.2. The van der Waals surface area contributed by atoms with Crippen LogP contribution < -0.4 is 14.4 Å². The lowest BCUT2D eigenvalue weighted by Crippen LogP contribution is -2.48. The summed E-state index contributed by atoms with van der Waals surface area (Å²) in [4.78, 5) is 41.8. The minimum atomic E-state index is -0.172. The van der Waals surface area contributed by atoms with E-state index in [2.05, 4.69) is 19.9 Å². The molecule has 5 rings (SSSR count). The highest BCUT2D eigenvalue weighted by Crippen LogP contribution is 2.36. The largest absolute Gasteiger partial charge is 0.493 e. The van der Waals surface area contributed by atoms with Crippen molar-refractivity contribution in [2.75, 3.05) is 45.3 Å². The van der Waals surface area contributed by atoms with Crippen LogP contribution >= 0.6 is 11.3 Å². The number of methoxy groups -OCH3 is 2. The number of carbonyl (C=O) groups excluding carboxylic acids is 2. The summed E-state index contributed by atoms with van der Waals surface area (Å²) in [6, 6.07) is 8.93. The quantitative estimate of drug-likeness (QED) is 0.394. The Morgan fingerprint density at radius 3 is 2.58 bits per heavy atom. The number of thiophene rings is 1. The lowest BCUT2D eigenvalue weighted by atomic mass is 10.1. The first-order chi connectivity index (χ1) is 17.5. The number of anilines is 1. The molecular formula is C25H23N5O5S. The predicted octanol–water partition coefficient (Wildman–Crippen LogP) is 3.25. The van der Waals surface area contributed by atoms with Crippen molar-refractivity contribution in [3.8, 4) is 28.9 Å². The Morgan fingerprint density at radius 1 is 1.11 bits per heavy atom. The molecule has 0 radical (unpaired) electrons. The van der Waals surface area contributed by atoms with Gasteiger partial charge < -0.3 is 24.4 Å². The zero-order chi connectivity index (χ0) is 25.2. The van der Waals surface area contributed by atoms with Crippen molar-refractivity contribution in [3.05, 3.63) is 53.0 Å². The van der Waals surface area contributed by atoms with E-state index in [0.717, 1.165) is 12.0 Å². The average Bonchev–Trinajstić information content (AvgIpc) is 3.37. The third kappa shape index (κ3) is 4.17. The number of hydrogen-bond donors (Lipinski definition) is 1. The van der Waals surface area contributed by atoms with Gasteiger partial charge in [-0.05, 0) is 18.2 Å². The number of pyridine rings is 1. The Bertz CT molecular complexity index is 1430. The van der Waals surface area contributed by atoms with Gasteiger partial charge in [0.2, 0.25) is 5.88 Å². The lowest BCUT2D eigenvalue weighted by molar-refractivity contribution is 0.0749. The molecule has 10 nitrogen and oxygen atoms in total. The Kier molecular flexibility index (Phi) is 6.38. The molecule has 1 amide bonds. The van der Waals surface area contributed by atoms with E-state index < -0.39 is 0 Å². The van der Waals surface area contributed by atoms with Gasteiger partial charge in [-0.25, -0.2) is 4.98 Å². The zero-order valence-corrected chi connectivity index (χ0v) is 20.5. The van der Waals surface area contributed by atoms with Crippen LogP contribution in [0.5, 0.6) is 17.4 Å². The van der Waals surface area contributed by atoms with Crippen molar-refractivity contribution in [2.24, 2.45) is 0 Å². The standard InChI is InChI=1S/C25H23N5O5S/c1-34-19-12-16(11-15(13-31)21(19)35-2)29-7-9-30(10-8-29)25(33)17-14-36-22-20(17)27-23(28-24(22)32)18-5-3-4-6-26-18/h3-6,11-14H,7-10H2,1-2H3,(H,27,28,32). The maximum atomic E-state index is 13.4. The fraction of sp³-hybridized carbons (Fsp3) is 0.240. The first kappa shape index (κ1) is 23.5. The predicted molar refractivity (Wildman–Crippen MR) is 135 cm³/mol. The van der Waals surface area contributed by atoms with Gasteiger partial charge >= 0.3 is 0 Å². The number of ether oxygens (including phenoxy) is 2. The van der Waals surface area contributed by atoms with Crippen LogP contribution in [-0.4, -0.2) is 77.6 Å². The third-order valence-electron chi connectivity index (χ3n) is 6.07. The molecule has 0 spiro atoms. The van der Waals surface area contributed by atoms with Gasteiger partial charge in [-0.1, -0.05) is 6.07 Å². The SMILES string of the molecule is COc1cc(N2CCN(C(=O)c3csc4c(O)nc(-c5ccccn5)nc34)CC2)cc(C=O)c1OC. The molecule has 0 aliphatic carbocycles. The number of aldehydes is 1. The highest BCUT2D eigenvalue weighted by atomic mass is 32.1. The number of aromatic nitrogens is 3. The summed E-state index contributed by atoms with van der Waals surface area (Å²) in [6.45, 7) is 2.10. The molecule has 4 heterocycles. The van der Waals surface area contributed by atoms with Crippen molar-refractivity contribution >= 4 is 39.4 Å². The molecule has 0 atom stereocenters. The number of fused-ring (bicyclic) bond motifs is 1. The highest BCUT2D eigenvalue weighted by molar-refractivity contribution is 7.17. The summed E-state index contributed by atoms with van der Waals surface area (Å²) in [6.07, 6.45) is 2.36. The molecule has 1 aromatic carbocycles. The Labute approximate surface area is 210 Å². The van der Waals surface area contributed by atoms with Crippen LogP contribution in [0.25, 0.3) is 21.7 Å². The lowest BCUT2D eigenvalue weighted by Gasteiger charge is -2.36. The summed E-state index contributed by atoms with van der Waals surface area (Å²) in [5.41, 5.74) is 2.57. The molecule has 0 unspecified atom stereocenters. The van der Waals surface area contributed by atoms with Crippen molar-refractivity contribution < 1.29 is 24.2 Å². The first-order valence-electron chi connectivity index (χ1n) is 11.2. The zero-order valence-electron chi connectivity index (χ0n) is 19.7. The second-order valence-corrected chi connectivity index (χ2v) is 8.96. The molecule has 0 saturated carbocycles. The van der Waals surface area contributed by atoms with Crippen LogP contribution in [0.4, 0.5) is 5.69 Å². The molecule has 1 aliphatic heterocycles. The third-order valence-corrected chi connectivity index (χ3v) is 7.04. The van der Waals surface area contributed by atoms with Gasteiger partial charge in [-0.3, -0.25) is 14.6 Å². The van der Waals surface area contributed by atoms with Gasteiger partial charge in [0, 0.05) is 49.5 Å². The topological polar surface area (TPSA) is 118 Å². The van der Waals surface area contributed by atoms with Crippen LogP contribution in [0, 0.1) is 0 Å². The smallest absolute Gasteiger partial charge is 0.257 e. The minimum absolute atomic E-state index is 0.160.